The third-order valence-corrected chi connectivity index (χ3v) is 3.91. The summed E-state index contributed by atoms with van der Waals surface area (Å²) in [5.41, 5.74) is 3.11. The molecule has 0 fully saturated rings. The van der Waals surface area contributed by atoms with Crippen LogP contribution in [0.4, 0.5) is 5.69 Å². The minimum absolute atomic E-state index is 0.0244. The lowest BCUT2D eigenvalue weighted by Crippen LogP contribution is -2.23. The highest BCUT2D eigenvalue weighted by Crippen LogP contribution is 2.46. The minimum atomic E-state index is -0.732. The number of methoxy groups -OCH3 is 3. The summed E-state index contributed by atoms with van der Waals surface area (Å²) in [5.74, 6) is -0.788. The standard InChI is InChI=1S/C17H16N4O6/c1-25-13-8-10(14(21(23)24)16(27-3)15(13)26-2)17(22)19-20-9-18-11-6-4-5-7-12(11)20/h4-9H,1-3H3,(H,19,22). The fourth-order valence-electron chi connectivity index (χ4n) is 2.71. The predicted octanol–water partition coefficient (Wildman–Crippen LogP) is 2.35. The first-order chi connectivity index (χ1) is 13.0. The number of amides is 1. The molecule has 1 aromatic heterocycles. The summed E-state index contributed by atoms with van der Waals surface area (Å²) in [6.45, 7) is 0. The zero-order valence-corrected chi connectivity index (χ0v) is 14.8. The highest BCUT2D eigenvalue weighted by Gasteiger charge is 2.32. The number of aromatic nitrogens is 2. The van der Waals surface area contributed by atoms with E-state index in [0.29, 0.717) is 11.0 Å². The molecule has 1 heterocycles. The van der Waals surface area contributed by atoms with Gasteiger partial charge >= 0.3 is 5.69 Å². The maximum absolute atomic E-state index is 12.8. The second kappa shape index (κ2) is 7.20. The molecule has 10 heteroatoms. The minimum Gasteiger partial charge on any atom is -0.493 e. The maximum atomic E-state index is 12.8. The fourth-order valence-corrected chi connectivity index (χ4v) is 2.71. The van der Waals surface area contributed by atoms with Gasteiger partial charge in [0.2, 0.25) is 11.5 Å². The molecule has 0 saturated carbocycles. The van der Waals surface area contributed by atoms with Crippen LogP contribution in [0.2, 0.25) is 0 Å². The summed E-state index contributed by atoms with van der Waals surface area (Å²) in [4.78, 5) is 27.9. The Labute approximate surface area is 153 Å². The number of hydrogen-bond acceptors (Lipinski definition) is 7. The van der Waals surface area contributed by atoms with Crippen molar-refractivity contribution in [3.63, 3.8) is 0 Å². The first-order valence-electron chi connectivity index (χ1n) is 7.72. The van der Waals surface area contributed by atoms with Crippen LogP contribution < -0.4 is 19.6 Å². The number of carbonyl (C=O) groups is 1. The van der Waals surface area contributed by atoms with Gasteiger partial charge in [0.1, 0.15) is 11.9 Å². The number of hydrogen-bond donors (Lipinski definition) is 1. The van der Waals surface area contributed by atoms with Crippen LogP contribution in [0.1, 0.15) is 10.4 Å². The number of benzene rings is 2. The van der Waals surface area contributed by atoms with E-state index in [1.54, 1.807) is 18.2 Å². The summed E-state index contributed by atoms with van der Waals surface area (Å²) in [6.07, 6.45) is 1.41. The number of carbonyl (C=O) groups excluding carboxylic acids is 1. The molecule has 140 valence electrons. The molecule has 0 aliphatic carbocycles. The smallest absolute Gasteiger partial charge is 0.327 e. The summed E-state index contributed by atoms with van der Waals surface area (Å²) in [5, 5.41) is 11.6. The number of fused-ring (bicyclic) bond motifs is 1. The largest absolute Gasteiger partial charge is 0.493 e. The predicted molar refractivity (Wildman–Crippen MR) is 96.2 cm³/mol. The number of rotatable bonds is 6. The molecular weight excluding hydrogens is 356 g/mol. The third kappa shape index (κ3) is 3.08. The Morgan fingerprint density at radius 3 is 2.48 bits per heavy atom. The quantitative estimate of drug-likeness (QED) is 0.521. The van der Waals surface area contributed by atoms with E-state index < -0.39 is 16.5 Å². The first kappa shape index (κ1) is 18.0. The average molecular weight is 372 g/mol. The van der Waals surface area contributed by atoms with Crippen LogP contribution in [0.25, 0.3) is 11.0 Å². The lowest BCUT2D eigenvalue weighted by atomic mass is 10.1. The first-order valence-corrected chi connectivity index (χ1v) is 7.72. The van der Waals surface area contributed by atoms with Crippen LogP contribution in [0.15, 0.2) is 36.7 Å². The number of ether oxygens (including phenoxy) is 3. The van der Waals surface area contributed by atoms with Gasteiger partial charge < -0.3 is 14.2 Å². The Morgan fingerprint density at radius 2 is 1.85 bits per heavy atom. The van der Waals surface area contributed by atoms with Crippen LogP contribution in [-0.4, -0.2) is 41.8 Å². The van der Waals surface area contributed by atoms with Gasteiger partial charge in [0.15, 0.2) is 5.75 Å². The van der Waals surface area contributed by atoms with Gasteiger partial charge in [-0.1, -0.05) is 12.1 Å². The van der Waals surface area contributed by atoms with Gasteiger partial charge in [0.25, 0.3) is 5.91 Å². The van der Waals surface area contributed by atoms with Crippen molar-refractivity contribution in [2.45, 2.75) is 0 Å². The van der Waals surface area contributed by atoms with Crippen molar-refractivity contribution < 1.29 is 23.9 Å². The highest BCUT2D eigenvalue weighted by molar-refractivity contribution is 6.05. The Morgan fingerprint density at radius 1 is 1.15 bits per heavy atom. The van der Waals surface area contributed by atoms with E-state index in [4.69, 9.17) is 14.2 Å². The number of nitrogens with zero attached hydrogens (tertiary/aromatic N) is 3. The van der Waals surface area contributed by atoms with E-state index in [1.807, 2.05) is 6.07 Å². The van der Waals surface area contributed by atoms with E-state index in [9.17, 15) is 14.9 Å². The Balaban J connectivity index is 2.11. The second-order valence-corrected chi connectivity index (χ2v) is 5.34. The van der Waals surface area contributed by atoms with Crippen molar-refractivity contribution in [2.75, 3.05) is 26.8 Å². The van der Waals surface area contributed by atoms with Crippen LogP contribution in [-0.2, 0) is 0 Å². The number of nitrogens with one attached hydrogen (secondary N) is 1. The topological polar surface area (TPSA) is 118 Å². The zero-order chi connectivity index (χ0) is 19.6. The van der Waals surface area contributed by atoms with Gasteiger partial charge in [-0.15, -0.1) is 0 Å². The Bertz CT molecular complexity index is 1030. The van der Waals surface area contributed by atoms with Gasteiger partial charge in [-0.25, -0.2) is 9.66 Å². The molecule has 0 aliphatic heterocycles. The monoisotopic (exact) mass is 372 g/mol. The summed E-state index contributed by atoms with van der Waals surface area (Å²) < 4.78 is 16.8. The molecule has 3 aromatic rings. The molecule has 1 N–H and O–H groups in total. The number of nitro groups is 1. The van der Waals surface area contributed by atoms with Crippen molar-refractivity contribution in [1.82, 2.24) is 9.66 Å². The molecule has 0 bridgehead atoms. The molecular formula is C17H16N4O6. The van der Waals surface area contributed by atoms with Crippen LogP contribution in [0.3, 0.4) is 0 Å². The molecule has 2 aromatic carbocycles. The molecule has 0 atom stereocenters. The summed E-state index contributed by atoms with van der Waals surface area (Å²) >= 11 is 0. The third-order valence-electron chi connectivity index (χ3n) is 3.91. The van der Waals surface area contributed by atoms with Crippen LogP contribution >= 0.6 is 0 Å². The van der Waals surface area contributed by atoms with Gasteiger partial charge in [-0.05, 0) is 12.1 Å². The Hall–Kier alpha value is -3.82. The second-order valence-electron chi connectivity index (χ2n) is 5.34. The lowest BCUT2D eigenvalue weighted by Gasteiger charge is -2.15. The van der Waals surface area contributed by atoms with E-state index in [-0.39, 0.29) is 22.8 Å². The number of nitro benzene ring substituents is 1. The number of imidazole rings is 1. The zero-order valence-electron chi connectivity index (χ0n) is 14.8. The molecule has 0 radical (unpaired) electrons. The van der Waals surface area contributed by atoms with Crippen molar-refractivity contribution in [1.29, 1.82) is 0 Å². The average Bonchev–Trinajstić information content (AvgIpc) is 3.08. The highest BCUT2D eigenvalue weighted by atomic mass is 16.6. The summed E-state index contributed by atoms with van der Waals surface area (Å²) in [7, 11) is 3.92. The van der Waals surface area contributed by atoms with E-state index in [2.05, 4.69) is 10.4 Å². The number of para-hydroxylation sites is 2. The van der Waals surface area contributed by atoms with Crippen molar-refractivity contribution in [2.24, 2.45) is 0 Å². The van der Waals surface area contributed by atoms with E-state index in [1.165, 1.54) is 38.4 Å². The van der Waals surface area contributed by atoms with Gasteiger partial charge in [-0.2, -0.15) is 0 Å². The molecule has 27 heavy (non-hydrogen) atoms. The normalized spacial score (nSPS) is 10.5. The molecule has 0 unspecified atom stereocenters. The van der Waals surface area contributed by atoms with Crippen molar-refractivity contribution >= 4 is 22.6 Å². The fraction of sp³-hybridized carbons (Fsp3) is 0.176. The SMILES string of the molecule is COc1cc(C(=O)Nn2cnc3ccccc32)c([N+](=O)[O-])c(OC)c1OC. The molecule has 1 amide bonds. The molecule has 0 saturated heterocycles. The van der Waals surface area contributed by atoms with Crippen molar-refractivity contribution in [3.8, 4) is 17.2 Å². The van der Waals surface area contributed by atoms with E-state index >= 15 is 0 Å². The molecule has 10 nitrogen and oxygen atoms in total. The van der Waals surface area contributed by atoms with Crippen LogP contribution in [0, 0.1) is 10.1 Å². The Kier molecular flexibility index (Phi) is 4.79. The maximum Gasteiger partial charge on any atom is 0.327 e. The van der Waals surface area contributed by atoms with E-state index in [0.717, 1.165) is 0 Å². The van der Waals surface area contributed by atoms with Gasteiger partial charge in [0.05, 0.1) is 37.3 Å². The lowest BCUT2D eigenvalue weighted by molar-refractivity contribution is -0.386. The molecule has 3 rings (SSSR count). The molecule has 0 spiro atoms. The van der Waals surface area contributed by atoms with Crippen LogP contribution in [0.5, 0.6) is 17.2 Å². The van der Waals surface area contributed by atoms with Gasteiger partial charge in [0, 0.05) is 6.07 Å². The summed E-state index contributed by atoms with van der Waals surface area (Å²) in [6, 6.07) is 8.36. The van der Waals surface area contributed by atoms with Crippen molar-refractivity contribution in [3.05, 3.63) is 52.3 Å². The van der Waals surface area contributed by atoms with Gasteiger partial charge in [-0.3, -0.25) is 20.3 Å². The molecule has 0 aliphatic rings.